The zero-order valence-corrected chi connectivity index (χ0v) is 26.8. The molecule has 0 bridgehead atoms. The predicted octanol–water partition coefficient (Wildman–Crippen LogP) is 5.99. The van der Waals surface area contributed by atoms with Gasteiger partial charge in [0.05, 0.1) is 0 Å². The number of rotatable bonds is 19. The van der Waals surface area contributed by atoms with Gasteiger partial charge in [-0.05, 0) is 74.0 Å². The van der Waals surface area contributed by atoms with Gasteiger partial charge in [-0.2, -0.15) is 0 Å². The topological polar surface area (TPSA) is 40.1 Å². The van der Waals surface area contributed by atoms with E-state index < -0.39 is 16.8 Å². The second-order valence-electron chi connectivity index (χ2n) is 12.1. The first-order valence-electron chi connectivity index (χ1n) is 13.5. The minimum atomic E-state index is -0.970. The molecule has 0 aliphatic carbocycles. The Hall–Kier alpha value is -0.570. The van der Waals surface area contributed by atoms with Crippen LogP contribution in [0.2, 0.25) is 0 Å². The molecule has 196 valence electrons. The zero-order valence-electron chi connectivity index (χ0n) is 24.8. The summed E-state index contributed by atoms with van der Waals surface area (Å²) in [6.07, 6.45) is 28.5. The first-order valence-corrected chi connectivity index (χ1v) is 13.5. The summed E-state index contributed by atoms with van der Waals surface area (Å²) in [7, 11) is 0. The molecule has 0 aromatic carbocycles. The van der Waals surface area contributed by atoms with Crippen molar-refractivity contribution in [1.29, 1.82) is 0 Å². The van der Waals surface area contributed by atoms with E-state index in [2.05, 4.69) is 78.5 Å². The van der Waals surface area contributed by atoms with E-state index in [-0.39, 0.29) is 40.4 Å². The standard InChI is InChI=1S/C32H56O2.Na/c1-10-11-12-13-14-15-16-17-18-19-20-21-22-23-24-25-26-27-29(2,3)31(6,7)32(8,9)30(4,5)28(33)34;/h10-12,19-20,24-25H,1,13-18,21-23,26-27H2,2-9H3,(H,33,34);/q;+1/p-1. The molecule has 0 fully saturated rings. The van der Waals surface area contributed by atoms with E-state index in [9.17, 15) is 9.90 Å². The molecule has 2 nitrogen and oxygen atoms in total. The van der Waals surface area contributed by atoms with Crippen LogP contribution >= 0.6 is 0 Å². The second-order valence-corrected chi connectivity index (χ2v) is 12.1. The molecule has 0 heterocycles. The molecular weight excluding hydrogens is 439 g/mol. The number of carbonyl (C=O) groups is 1. The third-order valence-corrected chi connectivity index (χ3v) is 9.10. The Morgan fingerprint density at radius 2 is 1.09 bits per heavy atom. The molecule has 0 rings (SSSR count). The van der Waals surface area contributed by atoms with E-state index in [4.69, 9.17) is 0 Å². The summed E-state index contributed by atoms with van der Waals surface area (Å²) < 4.78 is 0. The molecule has 0 saturated carbocycles. The summed E-state index contributed by atoms with van der Waals surface area (Å²) in [5, 5.41) is 11.8. The fraction of sp³-hybridized carbons (Fsp3) is 0.719. The molecule has 0 aliphatic heterocycles. The maximum Gasteiger partial charge on any atom is 1.00 e. The van der Waals surface area contributed by atoms with Crippen LogP contribution in [-0.2, 0) is 4.79 Å². The second kappa shape index (κ2) is 17.8. The minimum Gasteiger partial charge on any atom is -0.550 e. The van der Waals surface area contributed by atoms with Crippen molar-refractivity contribution in [2.45, 2.75) is 126 Å². The molecule has 0 aliphatic rings. The molecule has 0 N–H and O–H groups in total. The maximum atomic E-state index is 11.8. The molecular formula is C32H55NaO2. The SMILES string of the molecule is C=CC=CCCCCCCC=CCCCC=CCCC(C)(C)C(C)(C)C(C)(C)C(C)(C)C(=O)[O-].[Na+]. The van der Waals surface area contributed by atoms with Crippen molar-refractivity contribution in [3.05, 3.63) is 49.1 Å². The van der Waals surface area contributed by atoms with Crippen molar-refractivity contribution < 1.29 is 39.5 Å². The molecule has 35 heavy (non-hydrogen) atoms. The molecule has 0 aromatic heterocycles. The molecule has 0 unspecified atom stereocenters. The van der Waals surface area contributed by atoms with E-state index in [0.717, 1.165) is 25.7 Å². The maximum absolute atomic E-state index is 11.8. The number of allylic oxidation sites excluding steroid dienone is 7. The van der Waals surface area contributed by atoms with Gasteiger partial charge in [0.2, 0.25) is 0 Å². The smallest absolute Gasteiger partial charge is 0.550 e. The number of hydrogen-bond donors (Lipinski definition) is 0. The van der Waals surface area contributed by atoms with E-state index in [0.29, 0.717) is 0 Å². The average molecular weight is 495 g/mol. The van der Waals surface area contributed by atoms with E-state index in [1.165, 1.54) is 44.9 Å². The predicted molar refractivity (Wildman–Crippen MR) is 149 cm³/mol. The van der Waals surface area contributed by atoms with Crippen LogP contribution < -0.4 is 34.7 Å². The summed E-state index contributed by atoms with van der Waals surface area (Å²) in [4.78, 5) is 11.8. The average Bonchev–Trinajstić information content (AvgIpc) is 2.75. The largest absolute Gasteiger partial charge is 1.00 e. The number of carbonyl (C=O) groups excluding carboxylic acids is 1. The molecule has 0 atom stereocenters. The van der Waals surface area contributed by atoms with Crippen molar-refractivity contribution in [2.75, 3.05) is 0 Å². The van der Waals surface area contributed by atoms with E-state index in [1.54, 1.807) is 13.8 Å². The molecule has 0 aromatic rings. The number of carboxylic acid groups (broad SMARTS) is 1. The van der Waals surface area contributed by atoms with Gasteiger partial charge in [0.1, 0.15) is 0 Å². The Morgan fingerprint density at radius 1 is 0.657 bits per heavy atom. The van der Waals surface area contributed by atoms with Gasteiger partial charge in [0.25, 0.3) is 0 Å². The van der Waals surface area contributed by atoms with E-state index in [1.807, 2.05) is 12.2 Å². The van der Waals surface area contributed by atoms with Crippen LogP contribution in [0.5, 0.6) is 0 Å². The van der Waals surface area contributed by atoms with Crippen LogP contribution in [0.3, 0.4) is 0 Å². The summed E-state index contributed by atoms with van der Waals surface area (Å²) in [6, 6.07) is 0. The first-order chi connectivity index (χ1) is 15.8. The van der Waals surface area contributed by atoms with Crippen molar-refractivity contribution in [3.63, 3.8) is 0 Å². The number of carboxylic acids is 1. The molecule has 0 saturated heterocycles. The molecule has 0 amide bonds. The van der Waals surface area contributed by atoms with Crippen LogP contribution in [0.25, 0.3) is 0 Å². The third kappa shape index (κ3) is 12.0. The zero-order chi connectivity index (χ0) is 26.3. The summed E-state index contributed by atoms with van der Waals surface area (Å²) in [6.45, 7) is 20.4. The van der Waals surface area contributed by atoms with Gasteiger partial charge in [-0.3, -0.25) is 0 Å². The van der Waals surface area contributed by atoms with E-state index >= 15 is 0 Å². The third-order valence-electron chi connectivity index (χ3n) is 9.10. The van der Waals surface area contributed by atoms with Crippen LogP contribution in [0.1, 0.15) is 126 Å². The van der Waals surface area contributed by atoms with Gasteiger partial charge in [-0.15, -0.1) is 0 Å². The van der Waals surface area contributed by atoms with Gasteiger partial charge < -0.3 is 9.90 Å². The molecule has 3 heteroatoms. The van der Waals surface area contributed by atoms with Crippen molar-refractivity contribution >= 4 is 5.97 Å². The summed E-state index contributed by atoms with van der Waals surface area (Å²) >= 11 is 0. The van der Waals surface area contributed by atoms with Gasteiger partial charge in [0.15, 0.2) is 0 Å². The van der Waals surface area contributed by atoms with Gasteiger partial charge in [0, 0.05) is 11.4 Å². The fourth-order valence-corrected chi connectivity index (χ4v) is 4.53. The number of unbranched alkanes of at least 4 members (excludes halogenated alkanes) is 7. The van der Waals surface area contributed by atoms with Gasteiger partial charge in [-0.25, -0.2) is 0 Å². The monoisotopic (exact) mass is 494 g/mol. The van der Waals surface area contributed by atoms with Crippen molar-refractivity contribution in [2.24, 2.45) is 21.7 Å². The van der Waals surface area contributed by atoms with Gasteiger partial charge >= 0.3 is 29.6 Å². The Labute approximate surface area is 241 Å². The minimum absolute atomic E-state index is 0. The fourth-order valence-electron chi connectivity index (χ4n) is 4.53. The Balaban J connectivity index is 0. The van der Waals surface area contributed by atoms with Crippen LogP contribution in [0, 0.1) is 21.7 Å². The van der Waals surface area contributed by atoms with Crippen LogP contribution in [0.4, 0.5) is 0 Å². The summed E-state index contributed by atoms with van der Waals surface area (Å²) in [5.41, 5.74) is -1.50. The molecule has 0 spiro atoms. The quantitative estimate of drug-likeness (QED) is 0.0957. The van der Waals surface area contributed by atoms with Crippen molar-refractivity contribution in [1.82, 2.24) is 0 Å². The summed E-state index contributed by atoms with van der Waals surface area (Å²) in [5.74, 6) is -0.970. The van der Waals surface area contributed by atoms with Gasteiger partial charge in [-0.1, -0.05) is 117 Å². The van der Waals surface area contributed by atoms with Crippen molar-refractivity contribution in [3.8, 4) is 0 Å². The number of aliphatic carboxylic acids is 1. The Bertz CT molecular complexity index is 678. The Kier molecular flexibility index (Phi) is 18.6. The van der Waals surface area contributed by atoms with Crippen LogP contribution in [0.15, 0.2) is 49.1 Å². The number of hydrogen-bond acceptors (Lipinski definition) is 2. The normalized spacial score (nSPS) is 13.6. The van der Waals surface area contributed by atoms with Crippen LogP contribution in [-0.4, -0.2) is 5.97 Å². The molecule has 0 radical (unpaired) electrons. The first kappa shape index (κ1) is 36.6. The Morgan fingerprint density at radius 3 is 1.54 bits per heavy atom.